The lowest BCUT2D eigenvalue weighted by Gasteiger charge is -2.15. The van der Waals surface area contributed by atoms with Crippen LogP contribution in [-0.4, -0.2) is 45.1 Å². The minimum absolute atomic E-state index is 0.0201. The Labute approximate surface area is 181 Å². The number of thiophene rings is 1. The van der Waals surface area contributed by atoms with E-state index in [-0.39, 0.29) is 12.4 Å². The van der Waals surface area contributed by atoms with Gasteiger partial charge in [-0.2, -0.15) is 0 Å². The highest BCUT2D eigenvalue weighted by Gasteiger charge is 2.23. The predicted octanol–water partition coefficient (Wildman–Crippen LogP) is 3.85. The van der Waals surface area contributed by atoms with E-state index in [0.29, 0.717) is 11.5 Å². The molecule has 0 fully saturated rings. The number of amides is 2. The molecule has 0 spiro atoms. The molecule has 0 unspecified atom stereocenters. The molecule has 7 nitrogen and oxygen atoms in total. The maximum Gasteiger partial charge on any atom is 0.293 e. The number of nitrogens with one attached hydrogen (secondary N) is 1. The van der Waals surface area contributed by atoms with E-state index in [1.54, 1.807) is 10.7 Å². The number of hydrogen-bond donors (Lipinski definition) is 1. The topological polar surface area (TPSA) is 80.1 Å². The molecular formula is C22H18FN5O2S. The maximum atomic E-state index is 13.3. The van der Waals surface area contributed by atoms with Crippen molar-refractivity contribution in [1.82, 2.24) is 19.7 Å². The summed E-state index contributed by atoms with van der Waals surface area (Å²) in [6.45, 7) is -0.233. The molecule has 4 aromatic rings. The van der Waals surface area contributed by atoms with Crippen LogP contribution in [0, 0.1) is 5.82 Å². The molecule has 2 aromatic heterocycles. The van der Waals surface area contributed by atoms with Crippen molar-refractivity contribution < 1.29 is 14.0 Å². The molecule has 0 atom stereocenters. The van der Waals surface area contributed by atoms with Crippen LogP contribution in [0.25, 0.3) is 16.4 Å². The van der Waals surface area contributed by atoms with Crippen molar-refractivity contribution in [2.45, 2.75) is 0 Å². The van der Waals surface area contributed by atoms with E-state index < -0.39 is 17.6 Å². The van der Waals surface area contributed by atoms with Crippen LogP contribution in [0.4, 0.5) is 10.1 Å². The summed E-state index contributed by atoms with van der Waals surface area (Å²) in [6, 6.07) is 18.7. The Kier molecular flexibility index (Phi) is 5.85. The molecule has 4 rings (SSSR count). The van der Waals surface area contributed by atoms with Gasteiger partial charge in [0, 0.05) is 12.7 Å². The van der Waals surface area contributed by atoms with Gasteiger partial charge in [0.05, 0.1) is 17.1 Å². The van der Waals surface area contributed by atoms with E-state index in [4.69, 9.17) is 0 Å². The second-order valence-corrected chi connectivity index (χ2v) is 7.65. The van der Waals surface area contributed by atoms with E-state index >= 15 is 0 Å². The Morgan fingerprint density at radius 3 is 2.61 bits per heavy atom. The molecule has 0 aliphatic heterocycles. The van der Waals surface area contributed by atoms with Gasteiger partial charge in [-0.05, 0) is 41.8 Å². The summed E-state index contributed by atoms with van der Waals surface area (Å²) in [6.07, 6.45) is 0. The summed E-state index contributed by atoms with van der Waals surface area (Å²) in [5.41, 5.74) is 1.08. The summed E-state index contributed by atoms with van der Waals surface area (Å²) in [7, 11) is 1.49. The molecule has 9 heteroatoms. The average molecular weight is 435 g/mol. The lowest BCUT2D eigenvalue weighted by atomic mass is 10.3. The quantitative estimate of drug-likeness (QED) is 0.499. The van der Waals surface area contributed by atoms with Crippen LogP contribution in [0.3, 0.4) is 0 Å². The Morgan fingerprint density at radius 2 is 1.90 bits per heavy atom. The fourth-order valence-corrected chi connectivity index (χ4v) is 3.64. The van der Waals surface area contributed by atoms with Crippen LogP contribution in [0.15, 0.2) is 72.1 Å². The van der Waals surface area contributed by atoms with Crippen LogP contribution in [-0.2, 0) is 4.79 Å². The van der Waals surface area contributed by atoms with E-state index in [2.05, 4.69) is 15.4 Å². The van der Waals surface area contributed by atoms with Crippen molar-refractivity contribution in [2.24, 2.45) is 0 Å². The lowest BCUT2D eigenvalue weighted by molar-refractivity contribution is -0.116. The zero-order chi connectivity index (χ0) is 21.8. The number of benzene rings is 2. The zero-order valence-electron chi connectivity index (χ0n) is 16.5. The highest BCUT2D eigenvalue weighted by Crippen LogP contribution is 2.25. The Morgan fingerprint density at radius 1 is 1.10 bits per heavy atom. The van der Waals surface area contributed by atoms with Crippen molar-refractivity contribution in [1.29, 1.82) is 0 Å². The fourth-order valence-electron chi connectivity index (χ4n) is 2.94. The second kappa shape index (κ2) is 8.88. The number of nitrogens with zero attached hydrogens (tertiary/aromatic N) is 4. The van der Waals surface area contributed by atoms with Crippen molar-refractivity contribution in [3.63, 3.8) is 0 Å². The highest BCUT2D eigenvalue weighted by atomic mass is 32.1. The fraction of sp³-hybridized carbons (Fsp3) is 0.0909. The number of aromatic nitrogens is 3. The first-order valence-corrected chi connectivity index (χ1v) is 10.3. The smallest absolute Gasteiger partial charge is 0.293 e. The molecule has 0 aliphatic rings. The molecule has 2 heterocycles. The van der Waals surface area contributed by atoms with Gasteiger partial charge in [0.15, 0.2) is 5.82 Å². The van der Waals surface area contributed by atoms with Gasteiger partial charge in [-0.1, -0.05) is 30.3 Å². The van der Waals surface area contributed by atoms with Crippen molar-refractivity contribution in [3.8, 4) is 16.4 Å². The van der Waals surface area contributed by atoms with Gasteiger partial charge in [-0.15, -0.1) is 16.4 Å². The predicted molar refractivity (Wildman–Crippen MR) is 117 cm³/mol. The van der Waals surface area contributed by atoms with Gasteiger partial charge in [0.1, 0.15) is 5.82 Å². The normalized spacial score (nSPS) is 10.6. The van der Waals surface area contributed by atoms with Crippen molar-refractivity contribution >= 4 is 28.8 Å². The van der Waals surface area contributed by atoms with Gasteiger partial charge in [0.2, 0.25) is 11.7 Å². The molecule has 156 valence electrons. The first-order valence-electron chi connectivity index (χ1n) is 9.38. The number of para-hydroxylation sites is 1. The van der Waals surface area contributed by atoms with Crippen LogP contribution in [0.1, 0.15) is 10.6 Å². The summed E-state index contributed by atoms with van der Waals surface area (Å²) in [5, 5.41) is 8.89. The van der Waals surface area contributed by atoms with Crippen LogP contribution >= 0.6 is 11.3 Å². The molecule has 2 aromatic carbocycles. The number of carbonyl (C=O) groups is 2. The van der Waals surface area contributed by atoms with Gasteiger partial charge >= 0.3 is 0 Å². The monoisotopic (exact) mass is 435 g/mol. The maximum absolute atomic E-state index is 13.3. The third-order valence-electron chi connectivity index (χ3n) is 4.38. The Balaban J connectivity index is 1.54. The molecule has 0 aliphatic carbocycles. The SMILES string of the molecule is CN(CC(=O)Nc1cccc(F)c1)C(=O)c1nc(-c2cccs2)n(-c2ccccc2)n1. The summed E-state index contributed by atoms with van der Waals surface area (Å²) in [4.78, 5) is 31.7. The van der Waals surface area contributed by atoms with Gasteiger partial charge in [-0.3, -0.25) is 9.59 Å². The molecule has 2 amide bonds. The van der Waals surface area contributed by atoms with Gasteiger partial charge in [0.25, 0.3) is 5.91 Å². The van der Waals surface area contributed by atoms with E-state index in [0.717, 1.165) is 10.6 Å². The number of anilines is 1. The number of likely N-dealkylation sites (N-methyl/N-ethyl adjacent to an activating group) is 1. The molecular weight excluding hydrogens is 417 g/mol. The highest BCUT2D eigenvalue weighted by molar-refractivity contribution is 7.13. The van der Waals surface area contributed by atoms with Crippen molar-refractivity contribution in [2.75, 3.05) is 18.9 Å². The van der Waals surface area contributed by atoms with Gasteiger partial charge in [-0.25, -0.2) is 14.1 Å². The van der Waals surface area contributed by atoms with E-state index in [1.807, 2.05) is 47.8 Å². The largest absolute Gasteiger partial charge is 0.330 e. The van der Waals surface area contributed by atoms with Crippen LogP contribution in [0.5, 0.6) is 0 Å². The molecule has 0 saturated carbocycles. The third-order valence-corrected chi connectivity index (χ3v) is 5.24. The first kappa shape index (κ1) is 20.4. The van der Waals surface area contributed by atoms with Gasteiger partial charge < -0.3 is 10.2 Å². The minimum atomic E-state index is -0.498. The number of halogens is 1. The second-order valence-electron chi connectivity index (χ2n) is 6.70. The van der Waals surface area contributed by atoms with E-state index in [9.17, 15) is 14.0 Å². The third kappa shape index (κ3) is 4.67. The summed E-state index contributed by atoms with van der Waals surface area (Å²) < 4.78 is 14.9. The Bertz CT molecular complexity index is 1210. The standard InChI is InChI=1S/C22H18FN5O2S/c1-27(14-19(29)24-16-8-5-7-15(23)13-16)22(30)20-25-21(18-11-6-12-31-18)28(26-20)17-9-3-2-4-10-17/h2-13H,14H2,1H3,(H,24,29). The zero-order valence-corrected chi connectivity index (χ0v) is 17.3. The summed E-state index contributed by atoms with van der Waals surface area (Å²) in [5.74, 6) is -0.890. The minimum Gasteiger partial charge on any atom is -0.330 e. The number of hydrogen-bond acceptors (Lipinski definition) is 5. The molecule has 0 radical (unpaired) electrons. The molecule has 1 N–H and O–H groups in total. The number of carbonyl (C=O) groups excluding carboxylic acids is 2. The number of rotatable bonds is 6. The lowest BCUT2D eigenvalue weighted by Crippen LogP contribution is -2.35. The molecule has 0 saturated heterocycles. The van der Waals surface area contributed by atoms with Crippen LogP contribution in [0.2, 0.25) is 0 Å². The first-order chi connectivity index (χ1) is 15.0. The molecule has 0 bridgehead atoms. The summed E-state index contributed by atoms with van der Waals surface area (Å²) >= 11 is 1.49. The van der Waals surface area contributed by atoms with Crippen LogP contribution < -0.4 is 5.32 Å². The Hall–Kier alpha value is -3.85. The van der Waals surface area contributed by atoms with Crippen molar-refractivity contribution in [3.05, 3.63) is 83.8 Å². The molecule has 31 heavy (non-hydrogen) atoms. The van der Waals surface area contributed by atoms with E-state index in [1.165, 1.54) is 41.5 Å². The average Bonchev–Trinajstić information content (AvgIpc) is 3.43.